The van der Waals surface area contributed by atoms with Gasteiger partial charge in [-0.25, -0.2) is 13.4 Å². The lowest BCUT2D eigenvalue weighted by atomic mass is 10.1. The molecule has 2 aromatic carbocycles. The predicted molar refractivity (Wildman–Crippen MR) is 122 cm³/mol. The Morgan fingerprint density at radius 1 is 1.14 bits per heavy atom. The van der Waals surface area contributed by atoms with E-state index < -0.39 is 15.9 Å². The number of nitrogens with zero attached hydrogens (tertiary/aromatic N) is 2. The van der Waals surface area contributed by atoms with Crippen LogP contribution >= 0.6 is 27.3 Å². The summed E-state index contributed by atoms with van der Waals surface area (Å²) in [5.74, 6) is -0.449. The van der Waals surface area contributed by atoms with Crippen molar-refractivity contribution in [3.8, 4) is 11.3 Å². The molecule has 6 nitrogen and oxygen atoms in total. The zero-order chi connectivity index (χ0) is 21.2. The van der Waals surface area contributed by atoms with Crippen molar-refractivity contribution < 1.29 is 13.2 Å². The van der Waals surface area contributed by atoms with E-state index in [2.05, 4.69) is 26.2 Å². The second-order valence-electron chi connectivity index (χ2n) is 6.54. The molecule has 3 aromatic rings. The van der Waals surface area contributed by atoms with Gasteiger partial charge in [-0.1, -0.05) is 46.3 Å². The van der Waals surface area contributed by atoms with Gasteiger partial charge in [-0.3, -0.25) is 9.10 Å². The number of halogens is 1. The third kappa shape index (κ3) is 5.23. The second kappa shape index (κ2) is 8.64. The molecule has 0 aliphatic rings. The van der Waals surface area contributed by atoms with Crippen molar-refractivity contribution in [3.05, 3.63) is 63.4 Å². The molecule has 3 rings (SSSR count). The lowest BCUT2D eigenvalue weighted by Gasteiger charge is -2.23. The fourth-order valence-corrected chi connectivity index (χ4v) is 4.87. The number of anilines is 2. The number of hydrogen-bond acceptors (Lipinski definition) is 5. The minimum atomic E-state index is -3.63. The van der Waals surface area contributed by atoms with E-state index in [0.717, 1.165) is 36.7 Å². The summed E-state index contributed by atoms with van der Waals surface area (Å²) in [6.45, 7) is 3.41. The molecule has 0 saturated carbocycles. The van der Waals surface area contributed by atoms with E-state index in [4.69, 9.17) is 0 Å². The Kier molecular flexibility index (Phi) is 6.40. The zero-order valence-corrected chi connectivity index (χ0v) is 19.4. The van der Waals surface area contributed by atoms with Gasteiger partial charge in [-0.15, -0.1) is 11.3 Å². The quantitative estimate of drug-likeness (QED) is 0.544. The first-order chi connectivity index (χ1) is 13.6. The number of hydrogen-bond donors (Lipinski definition) is 1. The van der Waals surface area contributed by atoms with Crippen molar-refractivity contribution in [3.63, 3.8) is 0 Å². The van der Waals surface area contributed by atoms with Crippen LogP contribution in [0, 0.1) is 13.8 Å². The number of carbonyl (C=O) groups is 1. The molecular formula is C20H20BrN3O3S2. The Morgan fingerprint density at radius 3 is 2.41 bits per heavy atom. The number of aryl methyl sites for hydroxylation is 2. The zero-order valence-electron chi connectivity index (χ0n) is 16.1. The first-order valence-corrected chi connectivity index (χ1v) is 12.2. The Balaban J connectivity index is 1.80. The lowest BCUT2D eigenvalue weighted by Crippen LogP contribution is -2.37. The Hall–Kier alpha value is -2.23. The summed E-state index contributed by atoms with van der Waals surface area (Å²) in [6, 6.07) is 14.8. The summed E-state index contributed by atoms with van der Waals surface area (Å²) >= 11 is 4.76. The molecule has 0 saturated heterocycles. The van der Waals surface area contributed by atoms with E-state index in [1.165, 1.54) is 11.3 Å². The van der Waals surface area contributed by atoms with E-state index >= 15 is 0 Å². The number of benzene rings is 2. The lowest BCUT2D eigenvalue weighted by molar-refractivity contribution is -0.114. The van der Waals surface area contributed by atoms with Gasteiger partial charge in [0, 0.05) is 14.9 Å². The highest BCUT2D eigenvalue weighted by atomic mass is 79.9. The first-order valence-electron chi connectivity index (χ1n) is 8.71. The molecule has 1 amide bonds. The van der Waals surface area contributed by atoms with Crippen LogP contribution in [-0.4, -0.2) is 32.1 Å². The van der Waals surface area contributed by atoms with Crippen LogP contribution in [0.4, 0.5) is 10.8 Å². The number of thiazole rings is 1. The molecule has 152 valence electrons. The molecule has 29 heavy (non-hydrogen) atoms. The maximum Gasteiger partial charge on any atom is 0.246 e. The number of rotatable bonds is 6. The molecule has 0 radical (unpaired) electrons. The summed E-state index contributed by atoms with van der Waals surface area (Å²) in [7, 11) is -3.63. The van der Waals surface area contributed by atoms with Crippen LogP contribution in [0.3, 0.4) is 0 Å². The summed E-state index contributed by atoms with van der Waals surface area (Å²) in [6.07, 6.45) is 1.09. The highest BCUT2D eigenvalue weighted by molar-refractivity contribution is 9.10. The first kappa shape index (κ1) is 21.5. The van der Waals surface area contributed by atoms with Crippen LogP contribution in [0.5, 0.6) is 0 Å². The average molecular weight is 494 g/mol. The van der Waals surface area contributed by atoms with E-state index in [1.807, 2.05) is 37.3 Å². The molecule has 0 unspecified atom stereocenters. The van der Waals surface area contributed by atoms with Crippen molar-refractivity contribution in [2.75, 3.05) is 22.4 Å². The number of aromatic nitrogens is 1. The number of carbonyl (C=O) groups excluding carboxylic acids is 1. The van der Waals surface area contributed by atoms with Gasteiger partial charge in [-0.05, 0) is 37.6 Å². The summed E-state index contributed by atoms with van der Waals surface area (Å²) in [5.41, 5.74) is 2.99. The smallest absolute Gasteiger partial charge is 0.246 e. The Morgan fingerprint density at radius 2 is 1.79 bits per heavy atom. The Bertz CT molecular complexity index is 1140. The van der Waals surface area contributed by atoms with Crippen molar-refractivity contribution in [2.45, 2.75) is 13.8 Å². The van der Waals surface area contributed by atoms with Crippen molar-refractivity contribution >= 4 is 54.0 Å². The van der Waals surface area contributed by atoms with Crippen LogP contribution in [0.1, 0.15) is 10.4 Å². The van der Waals surface area contributed by atoms with Crippen molar-refractivity contribution in [1.29, 1.82) is 0 Å². The summed E-state index contributed by atoms with van der Waals surface area (Å²) < 4.78 is 26.6. The molecule has 1 aromatic heterocycles. The van der Waals surface area contributed by atoms with E-state index in [1.54, 1.807) is 25.1 Å². The maximum atomic E-state index is 12.6. The molecule has 0 aliphatic heterocycles. The van der Waals surface area contributed by atoms with E-state index in [9.17, 15) is 13.2 Å². The van der Waals surface area contributed by atoms with E-state index in [-0.39, 0.29) is 6.54 Å². The normalized spacial score (nSPS) is 11.3. The third-order valence-electron chi connectivity index (χ3n) is 4.23. The minimum absolute atomic E-state index is 0.323. The second-order valence-corrected chi connectivity index (χ2v) is 10.6. The SMILES string of the molecule is Cc1ccccc1N(CC(=O)Nc1nc(-c2ccc(Br)cc2)c(C)s1)S(C)(=O)=O. The maximum absolute atomic E-state index is 12.6. The molecule has 0 fully saturated rings. The van der Waals surface area contributed by atoms with Gasteiger partial charge in [0.2, 0.25) is 15.9 Å². The van der Waals surface area contributed by atoms with Crippen molar-refractivity contribution in [2.24, 2.45) is 0 Å². The molecule has 0 spiro atoms. The van der Waals surface area contributed by atoms with Crippen LogP contribution in [0.25, 0.3) is 11.3 Å². The van der Waals surface area contributed by atoms with Crippen LogP contribution in [0.2, 0.25) is 0 Å². The summed E-state index contributed by atoms with van der Waals surface area (Å²) in [5, 5.41) is 3.16. The summed E-state index contributed by atoms with van der Waals surface area (Å²) in [4.78, 5) is 18.1. The fourth-order valence-electron chi connectivity index (χ4n) is 2.84. The molecule has 9 heteroatoms. The number of para-hydroxylation sites is 1. The molecular weight excluding hydrogens is 474 g/mol. The van der Waals surface area contributed by atoms with Gasteiger partial charge < -0.3 is 5.32 Å². The third-order valence-corrected chi connectivity index (χ3v) is 6.77. The highest BCUT2D eigenvalue weighted by Crippen LogP contribution is 2.31. The van der Waals surface area contributed by atoms with Gasteiger partial charge in [-0.2, -0.15) is 0 Å². The van der Waals surface area contributed by atoms with Crippen molar-refractivity contribution in [1.82, 2.24) is 4.98 Å². The van der Waals surface area contributed by atoms with Gasteiger partial charge in [0.05, 0.1) is 17.6 Å². The standard InChI is InChI=1S/C20H20BrN3O3S2/c1-13-6-4-5-7-17(13)24(29(3,26)27)12-18(25)22-20-23-19(14(2)28-20)15-8-10-16(21)11-9-15/h4-11H,12H2,1-3H3,(H,22,23,25). The van der Waals surface area contributed by atoms with Gasteiger partial charge in [0.15, 0.2) is 5.13 Å². The minimum Gasteiger partial charge on any atom is -0.300 e. The molecule has 0 aliphatic carbocycles. The van der Waals surface area contributed by atoms with Gasteiger partial charge >= 0.3 is 0 Å². The fraction of sp³-hybridized carbons (Fsp3) is 0.200. The molecule has 1 N–H and O–H groups in total. The number of amides is 1. The number of nitrogens with one attached hydrogen (secondary N) is 1. The Labute approximate surface area is 182 Å². The highest BCUT2D eigenvalue weighted by Gasteiger charge is 2.23. The predicted octanol–water partition coefficient (Wildman–Crippen LogP) is 4.59. The molecule has 0 bridgehead atoms. The van der Waals surface area contributed by atoms with Crippen LogP contribution in [-0.2, 0) is 14.8 Å². The molecule has 0 atom stereocenters. The molecule has 1 heterocycles. The van der Waals surface area contributed by atoms with Gasteiger partial charge in [0.25, 0.3) is 0 Å². The monoisotopic (exact) mass is 493 g/mol. The topological polar surface area (TPSA) is 79.4 Å². The average Bonchev–Trinajstić information content (AvgIpc) is 3.00. The van der Waals surface area contributed by atoms with Crippen LogP contribution in [0.15, 0.2) is 53.0 Å². The number of sulfonamides is 1. The van der Waals surface area contributed by atoms with Gasteiger partial charge in [0.1, 0.15) is 6.54 Å². The van der Waals surface area contributed by atoms with E-state index in [0.29, 0.717) is 10.8 Å². The van der Waals surface area contributed by atoms with Crippen LogP contribution < -0.4 is 9.62 Å². The largest absolute Gasteiger partial charge is 0.300 e.